The monoisotopic (exact) mass is 395 g/mol. The normalized spacial score (nSPS) is 14.4. The highest BCUT2D eigenvalue weighted by atomic mass is 32.2. The molecule has 146 valence electrons. The van der Waals surface area contributed by atoms with E-state index in [2.05, 4.69) is 9.97 Å². The molecule has 3 heterocycles. The van der Waals surface area contributed by atoms with Crippen molar-refractivity contribution in [1.29, 1.82) is 0 Å². The van der Waals surface area contributed by atoms with Gasteiger partial charge in [-0.3, -0.25) is 18.9 Å². The number of fused-ring (bicyclic) bond motifs is 3. The number of rotatable bonds is 3. The van der Waals surface area contributed by atoms with Crippen LogP contribution in [0.15, 0.2) is 17.1 Å². The number of aromatic nitrogens is 2. The van der Waals surface area contributed by atoms with Crippen molar-refractivity contribution in [3.05, 3.63) is 39.3 Å². The molecule has 1 amide bonds. The highest BCUT2D eigenvalue weighted by molar-refractivity contribution is 7.85. The first-order valence-corrected chi connectivity index (χ1v) is 10.1. The number of amides is 1. The van der Waals surface area contributed by atoms with E-state index in [0.717, 1.165) is 6.26 Å². The van der Waals surface area contributed by atoms with Crippen molar-refractivity contribution in [2.75, 3.05) is 6.26 Å². The van der Waals surface area contributed by atoms with Crippen LogP contribution in [-0.4, -0.2) is 41.2 Å². The third kappa shape index (κ3) is 4.45. The average Bonchev–Trinajstić information content (AvgIpc) is 2.97. The van der Waals surface area contributed by atoms with Gasteiger partial charge < -0.3 is 9.72 Å². The van der Waals surface area contributed by atoms with Crippen molar-refractivity contribution in [2.24, 2.45) is 0 Å². The Kier molecular flexibility index (Phi) is 4.73. The fourth-order valence-corrected chi connectivity index (χ4v) is 3.16. The molecule has 0 bridgehead atoms. The number of nitrogens with zero attached hydrogens (tertiary/aromatic N) is 2. The summed E-state index contributed by atoms with van der Waals surface area (Å²) >= 11 is 0. The van der Waals surface area contributed by atoms with E-state index in [1.54, 1.807) is 26.8 Å². The van der Waals surface area contributed by atoms with Crippen LogP contribution in [0.3, 0.4) is 0 Å². The molecule has 0 fully saturated rings. The Morgan fingerprint density at radius 1 is 1.30 bits per heavy atom. The summed E-state index contributed by atoms with van der Waals surface area (Å²) in [5.74, 6) is 0. The van der Waals surface area contributed by atoms with Gasteiger partial charge in [0.05, 0.1) is 37.0 Å². The van der Waals surface area contributed by atoms with Gasteiger partial charge in [0.25, 0.3) is 15.7 Å². The van der Waals surface area contributed by atoms with Gasteiger partial charge in [-0.2, -0.15) is 8.42 Å². The molecule has 0 spiro atoms. The number of hydrogen-bond donors (Lipinski definition) is 1. The number of ether oxygens (including phenoxy) is 1. The third-order valence-corrected chi connectivity index (χ3v) is 4.45. The zero-order valence-corrected chi connectivity index (χ0v) is 16.3. The molecule has 1 aliphatic heterocycles. The van der Waals surface area contributed by atoms with Gasteiger partial charge >= 0.3 is 6.09 Å². The highest BCUT2D eigenvalue weighted by Gasteiger charge is 2.31. The fourth-order valence-electron chi connectivity index (χ4n) is 2.81. The zero-order valence-electron chi connectivity index (χ0n) is 15.5. The Morgan fingerprint density at radius 2 is 1.96 bits per heavy atom. The molecule has 27 heavy (non-hydrogen) atoms. The van der Waals surface area contributed by atoms with Crippen LogP contribution in [-0.2, 0) is 38.7 Å². The minimum atomic E-state index is -3.58. The standard InChI is InChI=1S/C17H21N3O6S/c1-17(2,3)26-16(22)20-7-11-12(8-20)15(21)19-13-5-10(6-18-14(11)13)9-25-27(4,23)24/h5-6H,7-9H2,1-4H3,(H,19,21). The van der Waals surface area contributed by atoms with Crippen LogP contribution in [0.4, 0.5) is 4.79 Å². The Bertz CT molecular complexity index is 1070. The lowest BCUT2D eigenvalue weighted by Gasteiger charge is -2.24. The molecular weight excluding hydrogens is 374 g/mol. The van der Waals surface area contributed by atoms with E-state index >= 15 is 0 Å². The molecule has 2 aromatic heterocycles. The Labute approximate surface area is 156 Å². The first-order chi connectivity index (χ1) is 12.4. The van der Waals surface area contributed by atoms with Gasteiger partial charge in [0.1, 0.15) is 5.60 Å². The Hall–Kier alpha value is -2.46. The molecule has 1 aliphatic rings. The molecule has 1 N–H and O–H groups in total. The van der Waals surface area contributed by atoms with Gasteiger partial charge in [-0.05, 0) is 32.4 Å². The van der Waals surface area contributed by atoms with Crippen molar-refractivity contribution in [3.8, 4) is 0 Å². The number of nitrogens with one attached hydrogen (secondary N) is 1. The van der Waals surface area contributed by atoms with Gasteiger partial charge in [0.2, 0.25) is 0 Å². The summed E-state index contributed by atoms with van der Waals surface area (Å²) in [6.07, 6.45) is 1.95. The van der Waals surface area contributed by atoms with Gasteiger partial charge in [0, 0.05) is 17.3 Å². The van der Waals surface area contributed by atoms with Gasteiger partial charge in [-0.25, -0.2) is 4.79 Å². The van der Waals surface area contributed by atoms with Crippen molar-refractivity contribution >= 4 is 27.2 Å². The van der Waals surface area contributed by atoms with Crippen LogP contribution in [0.5, 0.6) is 0 Å². The maximum Gasteiger partial charge on any atom is 0.410 e. The quantitative estimate of drug-likeness (QED) is 0.785. The highest BCUT2D eigenvalue weighted by Crippen LogP contribution is 2.27. The molecular formula is C17H21N3O6S. The predicted octanol–water partition coefficient (Wildman–Crippen LogP) is 1.65. The molecule has 10 heteroatoms. The van der Waals surface area contributed by atoms with Gasteiger partial charge in [0.15, 0.2) is 0 Å². The lowest BCUT2D eigenvalue weighted by Crippen LogP contribution is -2.33. The molecule has 0 saturated heterocycles. The molecule has 0 radical (unpaired) electrons. The lowest BCUT2D eigenvalue weighted by molar-refractivity contribution is 0.0242. The van der Waals surface area contributed by atoms with E-state index < -0.39 is 21.8 Å². The Balaban J connectivity index is 1.91. The van der Waals surface area contributed by atoms with Gasteiger partial charge in [-0.15, -0.1) is 0 Å². The minimum absolute atomic E-state index is 0.149. The van der Waals surface area contributed by atoms with Crippen LogP contribution in [0.2, 0.25) is 0 Å². The SMILES string of the molecule is CC(C)(C)OC(=O)N1Cc2c(c3ncc(COS(C)(=O)=O)cc3[nH]c2=O)C1. The van der Waals surface area contributed by atoms with Crippen LogP contribution >= 0.6 is 0 Å². The van der Waals surface area contributed by atoms with E-state index in [-0.39, 0.29) is 25.3 Å². The summed E-state index contributed by atoms with van der Waals surface area (Å²) < 4.78 is 32.4. The third-order valence-electron chi connectivity index (χ3n) is 3.91. The maximum atomic E-state index is 12.4. The van der Waals surface area contributed by atoms with Crippen LogP contribution in [0.1, 0.15) is 37.5 Å². The molecule has 9 nitrogen and oxygen atoms in total. The van der Waals surface area contributed by atoms with E-state index in [9.17, 15) is 18.0 Å². The summed E-state index contributed by atoms with van der Waals surface area (Å²) in [6, 6.07) is 1.62. The second kappa shape index (κ2) is 6.61. The first kappa shape index (κ1) is 19.3. The van der Waals surface area contributed by atoms with Crippen LogP contribution in [0.25, 0.3) is 11.0 Å². The van der Waals surface area contributed by atoms with Crippen LogP contribution in [0, 0.1) is 0 Å². The zero-order chi connectivity index (χ0) is 20.0. The minimum Gasteiger partial charge on any atom is -0.444 e. The van der Waals surface area contributed by atoms with E-state index in [0.29, 0.717) is 27.7 Å². The van der Waals surface area contributed by atoms with E-state index in [1.165, 1.54) is 11.1 Å². The van der Waals surface area contributed by atoms with Gasteiger partial charge in [-0.1, -0.05) is 0 Å². The second-order valence-electron chi connectivity index (χ2n) is 7.45. The van der Waals surface area contributed by atoms with Crippen molar-refractivity contribution < 1.29 is 22.1 Å². The molecule has 0 aliphatic carbocycles. The molecule has 3 rings (SSSR count). The van der Waals surface area contributed by atoms with Crippen LogP contribution < -0.4 is 5.56 Å². The fraction of sp³-hybridized carbons (Fsp3) is 0.471. The summed E-state index contributed by atoms with van der Waals surface area (Å²) in [5.41, 5.74) is 1.71. The second-order valence-corrected chi connectivity index (χ2v) is 9.10. The molecule has 0 aromatic carbocycles. The number of aromatic amines is 1. The summed E-state index contributed by atoms with van der Waals surface area (Å²) in [7, 11) is -3.58. The van der Waals surface area contributed by atoms with E-state index in [1.807, 2.05) is 0 Å². The predicted molar refractivity (Wildman–Crippen MR) is 97.5 cm³/mol. The molecule has 0 saturated carbocycles. The molecule has 0 unspecified atom stereocenters. The number of pyridine rings is 2. The average molecular weight is 395 g/mol. The number of carbonyl (C=O) groups excluding carboxylic acids is 1. The first-order valence-electron chi connectivity index (χ1n) is 8.28. The number of H-pyrrole nitrogens is 1. The lowest BCUT2D eigenvalue weighted by atomic mass is 10.1. The van der Waals surface area contributed by atoms with Crippen molar-refractivity contribution in [1.82, 2.24) is 14.9 Å². The van der Waals surface area contributed by atoms with Crippen molar-refractivity contribution in [2.45, 2.75) is 46.1 Å². The topological polar surface area (TPSA) is 119 Å². The molecule has 0 atom stereocenters. The van der Waals surface area contributed by atoms with Crippen molar-refractivity contribution in [3.63, 3.8) is 0 Å². The summed E-state index contributed by atoms with van der Waals surface area (Å²) in [6.45, 7) is 5.52. The summed E-state index contributed by atoms with van der Waals surface area (Å²) in [4.78, 5) is 33.2. The summed E-state index contributed by atoms with van der Waals surface area (Å²) in [5, 5.41) is 0. The maximum absolute atomic E-state index is 12.4. The largest absolute Gasteiger partial charge is 0.444 e. The number of hydrogen-bond acceptors (Lipinski definition) is 7. The van der Waals surface area contributed by atoms with E-state index in [4.69, 9.17) is 8.92 Å². The molecule has 2 aromatic rings. The Morgan fingerprint density at radius 3 is 2.59 bits per heavy atom. The number of carbonyl (C=O) groups is 1. The smallest absolute Gasteiger partial charge is 0.410 e.